The van der Waals surface area contributed by atoms with Crippen molar-refractivity contribution in [2.75, 3.05) is 18.8 Å². The van der Waals surface area contributed by atoms with Crippen molar-refractivity contribution in [1.29, 1.82) is 0 Å². The van der Waals surface area contributed by atoms with Crippen molar-refractivity contribution in [2.24, 2.45) is 0 Å². The highest BCUT2D eigenvalue weighted by molar-refractivity contribution is 7.13. The van der Waals surface area contributed by atoms with Gasteiger partial charge in [-0.3, -0.25) is 9.88 Å². The molecule has 0 bridgehead atoms. The number of benzene rings is 1. The van der Waals surface area contributed by atoms with E-state index in [-0.39, 0.29) is 5.41 Å². The van der Waals surface area contributed by atoms with Gasteiger partial charge in [0.1, 0.15) is 0 Å². The summed E-state index contributed by atoms with van der Waals surface area (Å²) in [5.74, 6) is 0. The summed E-state index contributed by atoms with van der Waals surface area (Å²) in [6, 6.07) is 12.7. The lowest BCUT2D eigenvalue weighted by Crippen LogP contribution is -2.43. The normalized spacial score (nSPS) is 17.3. The van der Waals surface area contributed by atoms with Crippen LogP contribution in [0.2, 0.25) is 5.02 Å². The third-order valence-corrected chi connectivity index (χ3v) is 6.31. The Morgan fingerprint density at radius 1 is 1.15 bits per heavy atom. The molecule has 0 amide bonds. The Morgan fingerprint density at radius 2 is 1.92 bits per heavy atom. The molecular weight excluding hydrogens is 364 g/mol. The van der Waals surface area contributed by atoms with Crippen LogP contribution in [0, 0.1) is 0 Å². The third-order valence-electron chi connectivity index (χ3n) is 5.30. The van der Waals surface area contributed by atoms with Gasteiger partial charge in [0.05, 0.1) is 10.7 Å². The molecule has 1 fully saturated rings. The Balaban J connectivity index is 1.58. The average molecular weight is 385 g/mol. The van der Waals surface area contributed by atoms with Crippen molar-refractivity contribution < 1.29 is 0 Å². The standard InChI is InChI=1S/C20H21ClN4S/c21-17-12-23-9-6-15(17)13-25-10-7-20(8-11-25,16-4-2-1-3-5-16)18-14-26-19(22)24-18/h1-6,9,12,14H,7-8,10-11,13H2,(H2,22,24). The van der Waals surface area contributed by atoms with Crippen LogP contribution < -0.4 is 5.73 Å². The van der Waals surface area contributed by atoms with Gasteiger partial charge in [0.15, 0.2) is 5.13 Å². The summed E-state index contributed by atoms with van der Waals surface area (Å²) >= 11 is 7.81. The average Bonchev–Trinajstić information content (AvgIpc) is 3.12. The van der Waals surface area contributed by atoms with E-state index in [4.69, 9.17) is 17.3 Å². The van der Waals surface area contributed by atoms with Crippen LogP contribution in [0.5, 0.6) is 0 Å². The number of nitrogens with zero attached hydrogens (tertiary/aromatic N) is 3. The van der Waals surface area contributed by atoms with E-state index in [1.54, 1.807) is 12.4 Å². The minimum Gasteiger partial charge on any atom is -0.375 e. The Hall–Kier alpha value is -1.95. The highest BCUT2D eigenvalue weighted by Crippen LogP contribution is 2.42. The van der Waals surface area contributed by atoms with Gasteiger partial charge >= 0.3 is 0 Å². The van der Waals surface area contributed by atoms with Gasteiger partial charge in [-0.15, -0.1) is 11.3 Å². The van der Waals surface area contributed by atoms with Crippen molar-refractivity contribution in [1.82, 2.24) is 14.9 Å². The molecule has 1 aromatic carbocycles. The second-order valence-electron chi connectivity index (χ2n) is 6.76. The van der Waals surface area contributed by atoms with Crippen molar-refractivity contribution >= 4 is 28.1 Å². The Morgan fingerprint density at radius 3 is 2.58 bits per heavy atom. The molecule has 1 saturated heterocycles. The number of thiazole rings is 1. The van der Waals surface area contributed by atoms with E-state index in [0.717, 1.165) is 48.8 Å². The maximum atomic E-state index is 6.28. The van der Waals surface area contributed by atoms with Crippen LogP contribution in [0.1, 0.15) is 29.7 Å². The Bertz CT molecular complexity index is 872. The van der Waals surface area contributed by atoms with Crippen LogP contribution in [-0.2, 0) is 12.0 Å². The molecule has 6 heteroatoms. The predicted molar refractivity (Wildman–Crippen MR) is 108 cm³/mol. The summed E-state index contributed by atoms with van der Waals surface area (Å²) in [5, 5.41) is 3.50. The SMILES string of the molecule is Nc1nc(C2(c3ccccc3)CCN(Cc3ccncc3Cl)CC2)cs1. The fraction of sp³-hybridized carbons (Fsp3) is 0.300. The lowest BCUT2D eigenvalue weighted by molar-refractivity contribution is 0.170. The smallest absolute Gasteiger partial charge is 0.180 e. The lowest BCUT2D eigenvalue weighted by Gasteiger charge is -2.41. The molecule has 0 unspecified atom stereocenters. The van der Waals surface area contributed by atoms with Gasteiger partial charge in [0.2, 0.25) is 0 Å². The van der Waals surface area contributed by atoms with Crippen molar-refractivity contribution in [2.45, 2.75) is 24.8 Å². The zero-order valence-corrected chi connectivity index (χ0v) is 16.0. The number of likely N-dealkylation sites (tertiary alicyclic amines) is 1. The molecule has 134 valence electrons. The molecule has 2 aromatic heterocycles. The molecule has 0 aliphatic carbocycles. The van der Waals surface area contributed by atoms with E-state index in [1.807, 2.05) is 6.07 Å². The first kappa shape index (κ1) is 17.5. The van der Waals surface area contributed by atoms with Gasteiger partial charge in [-0.05, 0) is 43.1 Å². The molecule has 0 radical (unpaired) electrons. The van der Waals surface area contributed by atoms with Crippen molar-refractivity contribution in [3.05, 3.63) is 76.0 Å². The van der Waals surface area contributed by atoms with E-state index >= 15 is 0 Å². The number of hydrogen-bond acceptors (Lipinski definition) is 5. The number of pyridine rings is 1. The van der Waals surface area contributed by atoms with E-state index in [2.05, 4.69) is 50.6 Å². The van der Waals surface area contributed by atoms with Crippen molar-refractivity contribution in [3.8, 4) is 0 Å². The highest BCUT2D eigenvalue weighted by atomic mass is 35.5. The molecule has 0 saturated carbocycles. The molecule has 3 heterocycles. The first-order chi connectivity index (χ1) is 12.7. The predicted octanol–water partition coefficient (Wildman–Crippen LogP) is 4.36. The molecule has 0 atom stereocenters. The Labute approximate surface area is 162 Å². The topological polar surface area (TPSA) is 55.0 Å². The second kappa shape index (κ2) is 7.35. The largest absolute Gasteiger partial charge is 0.375 e. The first-order valence-corrected chi connectivity index (χ1v) is 10.0. The van der Waals surface area contributed by atoms with E-state index in [0.29, 0.717) is 5.13 Å². The van der Waals surface area contributed by atoms with Gasteiger partial charge in [0, 0.05) is 29.7 Å². The van der Waals surface area contributed by atoms with Crippen LogP contribution in [-0.4, -0.2) is 28.0 Å². The summed E-state index contributed by atoms with van der Waals surface area (Å²) < 4.78 is 0. The zero-order chi connectivity index (χ0) is 18.0. The van der Waals surface area contributed by atoms with Gasteiger partial charge in [-0.25, -0.2) is 4.98 Å². The maximum absolute atomic E-state index is 6.28. The number of anilines is 1. The first-order valence-electron chi connectivity index (χ1n) is 8.75. The van der Waals surface area contributed by atoms with Crippen LogP contribution in [0.4, 0.5) is 5.13 Å². The number of piperidine rings is 1. The molecule has 4 nitrogen and oxygen atoms in total. The summed E-state index contributed by atoms with van der Waals surface area (Å²) in [4.78, 5) is 11.2. The highest BCUT2D eigenvalue weighted by Gasteiger charge is 2.39. The van der Waals surface area contributed by atoms with Gasteiger partial charge in [-0.2, -0.15) is 0 Å². The van der Waals surface area contributed by atoms with Gasteiger partial charge < -0.3 is 5.73 Å². The minimum absolute atomic E-state index is 0.0616. The van der Waals surface area contributed by atoms with E-state index in [1.165, 1.54) is 16.9 Å². The quantitative estimate of drug-likeness (QED) is 0.726. The fourth-order valence-corrected chi connectivity index (χ4v) is 4.66. The summed E-state index contributed by atoms with van der Waals surface area (Å²) in [7, 11) is 0. The molecule has 26 heavy (non-hydrogen) atoms. The number of nitrogen functional groups attached to an aromatic ring is 1. The molecule has 3 aromatic rings. The summed E-state index contributed by atoms with van der Waals surface area (Å²) in [6.45, 7) is 2.83. The molecule has 0 spiro atoms. The number of aromatic nitrogens is 2. The van der Waals surface area contributed by atoms with Crippen LogP contribution in [0.3, 0.4) is 0 Å². The van der Waals surface area contributed by atoms with Gasteiger partial charge in [0.25, 0.3) is 0 Å². The van der Waals surface area contributed by atoms with E-state index < -0.39 is 0 Å². The van der Waals surface area contributed by atoms with Crippen LogP contribution in [0.25, 0.3) is 0 Å². The van der Waals surface area contributed by atoms with Crippen LogP contribution in [0.15, 0.2) is 54.2 Å². The summed E-state index contributed by atoms with van der Waals surface area (Å²) in [6.07, 6.45) is 5.55. The maximum Gasteiger partial charge on any atom is 0.180 e. The van der Waals surface area contributed by atoms with Crippen molar-refractivity contribution in [3.63, 3.8) is 0 Å². The summed E-state index contributed by atoms with van der Waals surface area (Å²) in [5.41, 5.74) is 9.44. The van der Waals surface area contributed by atoms with E-state index in [9.17, 15) is 0 Å². The lowest BCUT2D eigenvalue weighted by atomic mass is 9.70. The number of rotatable bonds is 4. The molecule has 2 N–H and O–H groups in total. The van der Waals surface area contributed by atoms with Gasteiger partial charge in [-0.1, -0.05) is 41.9 Å². The fourth-order valence-electron chi connectivity index (χ4n) is 3.82. The third kappa shape index (κ3) is 3.34. The minimum atomic E-state index is -0.0616. The number of halogens is 1. The molecule has 4 rings (SSSR count). The number of nitrogens with two attached hydrogens (primary N) is 1. The zero-order valence-electron chi connectivity index (χ0n) is 14.4. The second-order valence-corrected chi connectivity index (χ2v) is 8.06. The molecular formula is C20H21ClN4S. The molecule has 1 aliphatic rings. The Kier molecular flexibility index (Phi) is 4.94. The molecule has 1 aliphatic heterocycles. The van der Waals surface area contributed by atoms with Crippen LogP contribution >= 0.6 is 22.9 Å². The monoisotopic (exact) mass is 384 g/mol. The number of hydrogen-bond donors (Lipinski definition) is 1.